The number of likely N-dealkylation sites (N-methyl/N-ethyl adjacent to an activating group) is 1. The highest BCUT2D eigenvalue weighted by molar-refractivity contribution is 5.77. The smallest absolute Gasteiger partial charge is 0.319 e. The van der Waals surface area contributed by atoms with Crippen molar-refractivity contribution in [2.45, 2.75) is 30.8 Å². The molecule has 1 saturated heterocycles. The second kappa shape index (κ2) is 9.98. The maximum atomic E-state index is 13.5. The van der Waals surface area contributed by atoms with Crippen LogP contribution in [0.4, 0.5) is 4.79 Å². The Morgan fingerprint density at radius 1 is 0.906 bits per heavy atom. The van der Waals surface area contributed by atoms with E-state index in [9.17, 15) is 4.79 Å². The van der Waals surface area contributed by atoms with Crippen LogP contribution < -0.4 is 11.2 Å². The van der Waals surface area contributed by atoms with Gasteiger partial charge in [-0.3, -0.25) is 5.01 Å². The summed E-state index contributed by atoms with van der Waals surface area (Å²) in [7, 11) is 2.11. The summed E-state index contributed by atoms with van der Waals surface area (Å²) in [5.74, 6) is 6.35. The molecule has 5 heteroatoms. The van der Waals surface area contributed by atoms with Crippen LogP contribution in [0.5, 0.6) is 0 Å². The van der Waals surface area contributed by atoms with E-state index in [0.29, 0.717) is 6.54 Å². The number of rotatable bonds is 6. The molecule has 3 N–H and O–H groups in total. The van der Waals surface area contributed by atoms with Crippen LogP contribution >= 0.6 is 0 Å². The minimum atomic E-state index is -0.864. The lowest BCUT2D eigenvalue weighted by atomic mass is 9.77. The lowest BCUT2D eigenvalue weighted by Gasteiger charge is -2.39. The number of likely N-dealkylation sites (tertiary alicyclic amines) is 1. The first kappa shape index (κ1) is 22.1. The first-order valence-corrected chi connectivity index (χ1v) is 11.3. The van der Waals surface area contributed by atoms with Crippen LogP contribution in [-0.2, 0) is 5.54 Å². The molecule has 2 amide bonds. The number of amides is 2. The van der Waals surface area contributed by atoms with Crippen molar-refractivity contribution in [1.29, 1.82) is 0 Å². The molecule has 166 valence electrons. The maximum Gasteiger partial charge on any atom is 0.332 e. The van der Waals surface area contributed by atoms with Gasteiger partial charge in [-0.05, 0) is 43.1 Å². The van der Waals surface area contributed by atoms with Gasteiger partial charge in [-0.2, -0.15) is 0 Å². The van der Waals surface area contributed by atoms with Crippen LogP contribution in [0.25, 0.3) is 0 Å². The van der Waals surface area contributed by atoms with Crippen molar-refractivity contribution in [3.05, 3.63) is 108 Å². The number of nitrogens with one attached hydrogen (secondary N) is 1. The fourth-order valence-electron chi connectivity index (χ4n) is 4.70. The summed E-state index contributed by atoms with van der Waals surface area (Å²) in [4.78, 5) is 15.8. The number of benzene rings is 3. The Morgan fingerprint density at radius 3 is 1.81 bits per heavy atom. The first-order valence-electron chi connectivity index (χ1n) is 11.3. The van der Waals surface area contributed by atoms with E-state index >= 15 is 0 Å². The SMILES string of the molecule is CN1CCCC[C@@H]1CN(N)C(=O)NC(c1ccccc1)(c1ccccc1)c1ccccc1. The average molecular weight is 429 g/mol. The van der Waals surface area contributed by atoms with Crippen LogP contribution in [-0.4, -0.2) is 42.1 Å². The van der Waals surface area contributed by atoms with Gasteiger partial charge in [0, 0.05) is 6.04 Å². The molecule has 1 heterocycles. The predicted octanol–water partition coefficient (Wildman–Crippen LogP) is 4.35. The number of carbonyl (C=O) groups excluding carboxylic acids is 1. The molecule has 3 aromatic carbocycles. The van der Waals surface area contributed by atoms with Crippen LogP contribution in [0.15, 0.2) is 91.0 Å². The Labute approximate surface area is 190 Å². The third-order valence-electron chi connectivity index (χ3n) is 6.50. The number of nitrogens with two attached hydrogens (primary N) is 1. The van der Waals surface area contributed by atoms with Crippen molar-refractivity contribution in [2.24, 2.45) is 5.84 Å². The Hall–Kier alpha value is -3.15. The molecule has 1 atom stereocenters. The molecule has 4 rings (SSSR count). The molecular formula is C27H32N4O. The van der Waals surface area contributed by atoms with E-state index in [1.165, 1.54) is 17.9 Å². The van der Waals surface area contributed by atoms with Crippen molar-refractivity contribution >= 4 is 6.03 Å². The van der Waals surface area contributed by atoms with E-state index < -0.39 is 5.54 Å². The molecule has 0 unspecified atom stereocenters. The Morgan fingerprint density at radius 2 is 1.38 bits per heavy atom. The van der Waals surface area contributed by atoms with E-state index in [2.05, 4.69) is 53.7 Å². The lowest BCUT2D eigenvalue weighted by Crippen LogP contribution is -2.57. The van der Waals surface area contributed by atoms with Gasteiger partial charge in [0.25, 0.3) is 0 Å². The van der Waals surface area contributed by atoms with Gasteiger partial charge in [-0.1, -0.05) is 97.4 Å². The van der Waals surface area contributed by atoms with Gasteiger partial charge in [0.2, 0.25) is 0 Å². The molecular weight excluding hydrogens is 396 g/mol. The second-order valence-electron chi connectivity index (χ2n) is 8.56. The molecule has 1 aliphatic rings. The molecule has 1 fully saturated rings. The highest BCUT2D eigenvalue weighted by Crippen LogP contribution is 2.36. The zero-order valence-corrected chi connectivity index (χ0v) is 18.7. The zero-order valence-electron chi connectivity index (χ0n) is 18.7. The van der Waals surface area contributed by atoms with Gasteiger partial charge in [0.1, 0.15) is 5.54 Å². The molecule has 5 nitrogen and oxygen atoms in total. The molecule has 0 aliphatic carbocycles. The molecule has 1 aliphatic heterocycles. The van der Waals surface area contributed by atoms with Crippen molar-refractivity contribution in [3.8, 4) is 0 Å². The molecule has 3 aromatic rings. The summed E-state index contributed by atoms with van der Waals surface area (Å²) in [6, 6.07) is 30.3. The topological polar surface area (TPSA) is 61.6 Å². The molecule has 0 aromatic heterocycles. The van der Waals surface area contributed by atoms with Crippen molar-refractivity contribution < 1.29 is 4.79 Å². The number of hydrazine groups is 1. The number of carbonyl (C=O) groups is 1. The number of urea groups is 1. The monoisotopic (exact) mass is 428 g/mol. The summed E-state index contributed by atoms with van der Waals surface area (Å²) >= 11 is 0. The number of piperidine rings is 1. The van der Waals surface area contributed by atoms with Crippen LogP contribution in [0.1, 0.15) is 36.0 Å². The van der Waals surface area contributed by atoms with E-state index in [1.54, 1.807) is 0 Å². The molecule has 32 heavy (non-hydrogen) atoms. The molecule has 0 radical (unpaired) electrons. The standard InChI is InChI=1S/C27H32N4O/c1-30-20-12-11-19-25(30)21-31(28)26(32)29-27(22-13-5-2-6-14-22,23-15-7-3-8-16-23)24-17-9-4-10-18-24/h2-10,13-18,25H,11-12,19-21,28H2,1H3,(H,29,32)/t25-/m1/s1. The van der Waals surface area contributed by atoms with Gasteiger partial charge in [-0.15, -0.1) is 0 Å². The first-order chi connectivity index (χ1) is 15.6. The predicted molar refractivity (Wildman–Crippen MR) is 129 cm³/mol. The van der Waals surface area contributed by atoms with E-state index in [4.69, 9.17) is 5.84 Å². The summed E-state index contributed by atoms with van der Waals surface area (Å²) in [6.07, 6.45) is 3.42. The van der Waals surface area contributed by atoms with Crippen LogP contribution in [0, 0.1) is 0 Å². The van der Waals surface area contributed by atoms with Gasteiger partial charge >= 0.3 is 6.03 Å². The summed E-state index contributed by atoms with van der Waals surface area (Å²) in [5, 5.41) is 4.67. The minimum absolute atomic E-state index is 0.277. The quantitative estimate of drug-likeness (QED) is 0.266. The fraction of sp³-hybridized carbons (Fsp3) is 0.296. The average Bonchev–Trinajstić information content (AvgIpc) is 2.85. The van der Waals surface area contributed by atoms with Gasteiger partial charge < -0.3 is 10.2 Å². The highest BCUT2D eigenvalue weighted by Gasteiger charge is 2.39. The van der Waals surface area contributed by atoms with E-state index in [-0.39, 0.29) is 12.1 Å². The van der Waals surface area contributed by atoms with Crippen molar-refractivity contribution in [1.82, 2.24) is 15.2 Å². The third-order valence-corrected chi connectivity index (χ3v) is 6.50. The van der Waals surface area contributed by atoms with Gasteiger partial charge in [0.05, 0.1) is 6.54 Å². The number of hydrogen-bond donors (Lipinski definition) is 2. The van der Waals surface area contributed by atoms with Crippen molar-refractivity contribution in [3.63, 3.8) is 0 Å². The highest BCUT2D eigenvalue weighted by atomic mass is 16.2. The van der Waals surface area contributed by atoms with Crippen LogP contribution in [0.2, 0.25) is 0 Å². The summed E-state index contributed by atoms with van der Waals surface area (Å²) < 4.78 is 0. The van der Waals surface area contributed by atoms with E-state index in [1.807, 2.05) is 54.6 Å². The minimum Gasteiger partial charge on any atom is -0.319 e. The largest absolute Gasteiger partial charge is 0.332 e. The normalized spacial score (nSPS) is 17.0. The fourth-order valence-corrected chi connectivity index (χ4v) is 4.70. The molecule has 0 saturated carbocycles. The third kappa shape index (κ3) is 4.54. The van der Waals surface area contributed by atoms with Crippen LogP contribution in [0.3, 0.4) is 0 Å². The molecule has 0 bridgehead atoms. The van der Waals surface area contributed by atoms with Gasteiger partial charge in [0.15, 0.2) is 0 Å². The number of nitrogens with zero attached hydrogens (tertiary/aromatic N) is 2. The Bertz CT molecular complexity index is 897. The zero-order chi connectivity index (χ0) is 22.4. The second-order valence-corrected chi connectivity index (χ2v) is 8.56. The van der Waals surface area contributed by atoms with E-state index in [0.717, 1.165) is 29.7 Å². The number of hydrogen-bond acceptors (Lipinski definition) is 3. The maximum absolute atomic E-state index is 13.5. The van der Waals surface area contributed by atoms with Gasteiger partial charge in [-0.25, -0.2) is 10.6 Å². The van der Waals surface area contributed by atoms with Crippen molar-refractivity contribution in [2.75, 3.05) is 20.1 Å². The Kier molecular flexibility index (Phi) is 6.88. The summed E-state index contributed by atoms with van der Waals surface area (Å²) in [6.45, 7) is 1.54. The summed E-state index contributed by atoms with van der Waals surface area (Å²) in [5.41, 5.74) is 2.08. The lowest BCUT2D eigenvalue weighted by molar-refractivity contribution is 0.131. The molecule has 0 spiro atoms. The Balaban J connectivity index is 1.73.